The van der Waals surface area contributed by atoms with E-state index in [1.54, 1.807) is 0 Å². The van der Waals surface area contributed by atoms with Crippen LogP contribution in [0.3, 0.4) is 0 Å². The Labute approximate surface area is 73.2 Å². The first-order valence-corrected chi connectivity index (χ1v) is 4.10. The van der Waals surface area contributed by atoms with Crippen molar-refractivity contribution in [1.29, 1.82) is 0 Å². The first kappa shape index (κ1) is 9.07. The van der Waals surface area contributed by atoms with Gasteiger partial charge >= 0.3 is 0 Å². The van der Waals surface area contributed by atoms with E-state index >= 15 is 0 Å². The molecule has 0 radical (unpaired) electrons. The largest absolute Gasteiger partial charge is 0.493 e. The summed E-state index contributed by atoms with van der Waals surface area (Å²) < 4.78 is 10.5. The van der Waals surface area contributed by atoms with Gasteiger partial charge in [-0.2, -0.15) is 0 Å². The summed E-state index contributed by atoms with van der Waals surface area (Å²) in [4.78, 5) is 0. The summed E-state index contributed by atoms with van der Waals surface area (Å²) in [6.07, 6.45) is 8.67. The maximum atomic E-state index is 5.32. The van der Waals surface area contributed by atoms with Crippen LogP contribution >= 0.6 is 0 Å². The molecular weight excluding hydrogens is 152 g/mol. The van der Waals surface area contributed by atoms with E-state index in [1.165, 1.54) is 0 Å². The first-order chi connectivity index (χ1) is 5.93. The lowest BCUT2D eigenvalue weighted by Gasteiger charge is -2.15. The molecule has 0 atom stereocenters. The van der Waals surface area contributed by atoms with Crippen molar-refractivity contribution in [2.45, 2.75) is 6.42 Å². The number of hydrogen-bond donors (Lipinski definition) is 0. The van der Waals surface area contributed by atoms with Crippen molar-refractivity contribution in [3.8, 4) is 0 Å². The van der Waals surface area contributed by atoms with Gasteiger partial charge < -0.3 is 9.47 Å². The van der Waals surface area contributed by atoms with Crippen LogP contribution in [0.2, 0.25) is 0 Å². The third-order valence-electron chi connectivity index (χ3n) is 1.48. The zero-order valence-corrected chi connectivity index (χ0v) is 7.16. The highest BCUT2D eigenvalue weighted by molar-refractivity contribution is 5.09. The lowest BCUT2D eigenvalue weighted by atomic mass is 10.3. The van der Waals surface area contributed by atoms with Crippen LogP contribution in [0.15, 0.2) is 36.6 Å². The summed E-state index contributed by atoms with van der Waals surface area (Å²) in [6.45, 7) is 5.58. The van der Waals surface area contributed by atoms with Gasteiger partial charge in [-0.1, -0.05) is 18.2 Å². The third kappa shape index (κ3) is 3.39. The zero-order valence-electron chi connectivity index (χ0n) is 7.16. The highest BCUT2D eigenvalue weighted by Crippen LogP contribution is 2.04. The van der Waals surface area contributed by atoms with Crippen LogP contribution in [0.5, 0.6) is 0 Å². The zero-order chi connectivity index (χ0) is 8.65. The molecule has 1 aliphatic rings. The van der Waals surface area contributed by atoms with Crippen molar-refractivity contribution < 1.29 is 9.47 Å². The van der Waals surface area contributed by atoms with E-state index in [1.807, 2.05) is 24.3 Å². The van der Waals surface area contributed by atoms with Gasteiger partial charge in [-0.3, -0.25) is 0 Å². The average Bonchev–Trinajstić information content (AvgIpc) is 2.14. The Hall–Kier alpha value is -1.02. The van der Waals surface area contributed by atoms with Gasteiger partial charge in [0.05, 0.1) is 6.61 Å². The van der Waals surface area contributed by atoms with Crippen LogP contribution in [-0.4, -0.2) is 19.8 Å². The molecule has 0 N–H and O–H groups in total. The molecule has 0 aromatic carbocycles. The number of hydrogen-bond acceptors (Lipinski definition) is 2. The molecule has 0 saturated carbocycles. The van der Waals surface area contributed by atoms with E-state index in [0.717, 1.165) is 12.2 Å². The summed E-state index contributed by atoms with van der Waals surface area (Å²) in [5.74, 6) is 0.904. The van der Waals surface area contributed by atoms with Crippen molar-refractivity contribution in [3.63, 3.8) is 0 Å². The highest BCUT2D eigenvalue weighted by Gasteiger charge is 2.03. The molecule has 0 spiro atoms. The van der Waals surface area contributed by atoms with Crippen molar-refractivity contribution in [2.24, 2.45) is 0 Å². The van der Waals surface area contributed by atoms with E-state index in [4.69, 9.17) is 9.47 Å². The van der Waals surface area contributed by atoms with Gasteiger partial charge in [-0.25, -0.2) is 0 Å². The molecule has 66 valence electrons. The molecule has 0 unspecified atom stereocenters. The number of allylic oxidation sites excluding steroid dienone is 4. The Morgan fingerprint density at radius 3 is 3.00 bits per heavy atom. The fraction of sp³-hybridized carbons (Fsp3) is 0.400. The number of ether oxygens (including phenoxy) is 2. The van der Waals surface area contributed by atoms with Crippen LogP contribution in [0, 0.1) is 0 Å². The Bertz CT molecular complexity index is 184. The molecule has 0 aromatic heterocycles. The van der Waals surface area contributed by atoms with Gasteiger partial charge in [0.15, 0.2) is 0 Å². The molecule has 0 aromatic rings. The summed E-state index contributed by atoms with van der Waals surface area (Å²) in [6, 6.07) is 0. The van der Waals surface area contributed by atoms with Gasteiger partial charge in [-0.15, -0.1) is 6.58 Å². The molecule has 1 aliphatic heterocycles. The number of rotatable bonds is 3. The summed E-state index contributed by atoms with van der Waals surface area (Å²) in [7, 11) is 0. The molecule has 2 heteroatoms. The van der Waals surface area contributed by atoms with Crippen molar-refractivity contribution in [1.82, 2.24) is 0 Å². The maximum Gasteiger partial charge on any atom is 0.122 e. The SMILES string of the molecule is C=CC/C=C\C=C1/COCCO1. The minimum atomic E-state index is 0.596. The molecule has 12 heavy (non-hydrogen) atoms. The smallest absolute Gasteiger partial charge is 0.122 e. The molecule has 1 fully saturated rings. The van der Waals surface area contributed by atoms with Crippen LogP contribution < -0.4 is 0 Å². The minimum Gasteiger partial charge on any atom is -0.493 e. The summed E-state index contributed by atoms with van der Waals surface area (Å²) in [5, 5.41) is 0. The van der Waals surface area contributed by atoms with Crippen LogP contribution in [-0.2, 0) is 9.47 Å². The predicted molar refractivity (Wildman–Crippen MR) is 48.8 cm³/mol. The Morgan fingerprint density at radius 1 is 1.42 bits per heavy atom. The van der Waals surface area contributed by atoms with Gasteiger partial charge in [0, 0.05) is 0 Å². The quantitative estimate of drug-likeness (QED) is 0.597. The Morgan fingerprint density at radius 2 is 2.33 bits per heavy atom. The van der Waals surface area contributed by atoms with E-state index in [-0.39, 0.29) is 0 Å². The standard InChI is InChI=1S/C10H14O2/c1-2-3-4-5-6-10-9-11-7-8-12-10/h2,4-6H,1,3,7-9H2/b5-4-,10-6+. The summed E-state index contributed by atoms with van der Waals surface area (Å²) in [5.41, 5.74) is 0. The minimum absolute atomic E-state index is 0.596. The Balaban J connectivity index is 2.28. The van der Waals surface area contributed by atoms with Gasteiger partial charge in [0.2, 0.25) is 0 Å². The third-order valence-corrected chi connectivity index (χ3v) is 1.48. The molecule has 2 nitrogen and oxygen atoms in total. The highest BCUT2D eigenvalue weighted by atomic mass is 16.6. The van der Waals surface area contributed by atoms with E-state index in [0.29, 0.717) is 19.8 Å². The second-order valence-electron chi connectivity index (χ2n) is 2.49. The second kappa shape index (κ2) is 5.61. The molecule has 0 bridgehead atoms. The average molecular weight is 166 g/mol. The molecule has 1 heterocycles. The first-order valence-electron chi connectivity index (χ1n) is 4.10. The van der Waals surface area contributed by atoms with E-state index in [2.05, 4.69) is 6.58 Å². The van der Waals surface area contributed by atoms with Crippen LogP contribution in [0.1, 0.15) is 6.42 Å². The van der Waals surface area contributed by atoms with Crippen molar-refractivity contribution >= 4 is 0 Å². The van der Waals surface area contributed by atoms with E-state index < -0.39 is 0 Å². The van der Waals surface area contributed by atoms with Crippen molar-refractivity contribution in [3.05, 3.63) is 36.6 Å². The lowest BCUT2D eigenvalue weighted by molar-refractivity contribution is 0.0135. The second-order valence-corrected chi connectivity index (χ2v) is 2.49. The van der Waals surface area contributed by atoms with Gasteiger partial charge in [-0.05, 0) is 12.5 Å². The van der Waals surface area contributed by atoms with Crippen molar-refractivity contribution in [2.75, 3.05) is 19.8 Å². The van der Waals surface area contributed by atoms with Gasteiger partial charge in [0.1, 0.15) is 19.0 Å². The topological polar surface area (TPSA) is 18.5 Å². The predicted octanol–water partition coefficient (Wildman–Crippen LogP) is 2.05. The fourth-order valence-electron chi connectivity index (χ4n) is 0.892. The monoisotopic (exact) mass is 166 g/mol. The molecule has 1 saturated heterocycles. The normalized spacial score (nSPS) is 21.2. The van der Waals surface area contributed by atoms with Crippen LogP contribution in [0.4, 0.5) is 0 Å². The van der Waals surface area contributed by atoms with E-state index in [9.17, 15) is 0 Å². The maximum absolute atomic E-state index is 5.32. The molecule has 0 amide bonds. The van der Waals surface area contributed by atoms with Gasteiger partial charge in [0.25, 0.3) is 0 Å². The fourth-order valence-corrected chi connectivity index (χ4v) is 0.892. The molecular formula is C10H14O2. The molecule has 0 aliphatic carbocycles. The Kier molecular flexibility index (Phi) is 4.24. The molecule has 1 rings (SSSR count). The van der Waals surface area contributed by atoms with Crippen LogP contribution in [0.25, 0.3) is 0 Å². The lowest BCUT2D eigenvalue weighted by Crippen LogP contribution is -2.15. The summed E-state index contributed by atoms with van der Waals surface area (Å²) >= 11 is 0.